The van der Waals surface area contributed by atoms with Crippen LogP contribution in [0, 0.1) is 0 Å². The first kappa shape index (κ1) is 24.8. The molecule has 0 saturated carbocycles. The Labute approximate surface area is 199 Å². The Bertz CT molecular complexity index is 1190. The van der Waals surface area contributed by atoms with Gasteiger partial charge in [0.15, 0.2) is 0 Å². The first-order valence-electron chi connectivity index (χ1n) is 10.9. The van der Waals surface area contributed by atoms with Crippen molar-refractivity contribution in [3.05, 3.63) is 59.7 Å². The van der Waals surface area contributed by atoms with Crippen molar-refractivity contribution in [1.82, 2.24) is 9.88 Å². The fourth-order valence-corrected chi connectivity index (χ4v) is 3.27. The van der Waals surface area contributed by atoms with Gasteiger partial charge in [-0.3, -0.25) is 4.79 Å². The maximum absolute atomic E-state index is 12.3. The van der Waals surface area contributed by atoms with Gasteiger partial charge in [-0.25, -0.2) is 9.78 Å². The summed E-state index contributed by atoms with van der Waals surface area (Å²) in [7, 11) is 3.27. The van der Waals surface area contributed by atoms with Crippen LogP contribution in [0.15, 0.2) is 48.5 Å². The fourth-order valence-electron chi connectivity index (χ4n) is 3.27. The maximum atomic E-state index is 12.3. The summed E-state index contributed by atoms with van der Waals surface area (Å²) < 4.78 is 16.9. The van der Waals surface area contributed by atoms with Crippen LogP contribution in [0.5, 0.6) is 11.5 Å². The minimum atomic E-state index is -0.564. The van der Waals surface area contributed by atoms with Crippen LogP contribution in [-0.2, 0) is 22.7 Å². The topological polar surface area (TPSA) is 90.0 Å². The van der Waals surface area contributed by atoms with Crippen molar-refractivity contribution in [2.75, 3.05) is 19.5 Å². The van der Waals surface area contributed by atoms with E-state index in [9.17, 15) is 9.59 Å². The van der Waals surface area contributed by atoms with Gasteiger partial charge in [0.1, 0.15) is 29.5 Å². The summed E-state index contributed by atoms with van der Waals surface area (Å²) >= 11 is 0. The van der Waals surface area contributed by atoms with Crippen LogP contribution in [0.1, 0.15) is 38.8 Å². The summed E-state index contributed by atoms with van der Waals surface area (Å²) in [6.07, 6.45) is -0.403. The highest BCUT2D eigenvalue weighted by Gasteiger charge is 2.20. The number of anilines is 1. The number of nitrogens with one attached hydrogen (secondary N) is 1. The Kier molecular flexibility index (Phi) is 7.61. The number of fused-ring (bicyclic) bond motifs is 1. The molecule has 0 bridgehead atoms. The number of carbonyl (C=O) groups excluding carboxylic acids is 2. The quantitative estimate of drug-likeness (QED) is 0.519. The van der Waals surface area contributed by atoms with Crippen molar-refractivity contribution in [1.29, 1.82) is 0 Å². The predicted molar refractivity (Wildman–Crippen MR) is 131 cm³/mol. The second-order valence-electron chi connectivity index (χ2n) is 9.05. The van der Waals surface area contributed by atoms with Crippen LogP contribution in [0.25, 0.3) is 10.9 Å². The molecule has 0 fully saturated rings. The Morgan fingerprint density at radius 1 is 1.00 bits per heavy atom. The SMILES string of the molecule is COc1cc(CN(C)C(=O)OC(C)(C)C)cc(OCc2ccc3ccc(NC(C)=O)nc3c2)c1. The highest BCUT2D eigenvalue weighted by atomic mass is 16.6. The second-order valence-corrected chi connectivity index (χ2v) is 9.05. The van der Waals surface area contributed by atoms with Gasteiger partial charge in [0, 0.05) is 32.0 Å². The molecular weight excluding hydrogens is 434 g/mol. The molecule has 0 spiro atoms. The first-order valence-corrected chi connectivity index (χ1v) is 10.9. The molecule has 3 rings (SSSR count). The molecule has 34 heavy (non-hydrogen) atoms. The highest BCUT2D eigenvalue weighted by Crippen LogP contribution is 2.25. The van der Waals surface area contributed by atoms with Crippen molar-refractivity contribution in [3.63, 3.8) is 0 Å². The number of rotatable bonds is 7. The minimum Gasteiger partial charge on any atom is -0.497 e. The molecule has 0 unspecified atom stereocenters. The average molecular weight is 466 g/mol. The van der Waals surface area contributed by atoms with Gasteiger partial charge in [0.2, 0.25) is 5.91 Å². The van der Waals surface area contributed by atoms with E-state index in [-0.39, 0.29) is 5.91 Å². The molecule has 2 aromatic carbocycles. The fraction of sp³-hybridized carbons (Fsp3) is 0.346. The number of methoxy groups -OCH3 is 1. The summed E-state index contributed by atoms with van der Waals surface area (Å²) in [6.45, 7) is 7.60. The number of pyridine rings is 1. The van der Waals surface area contributed by atoms with Crippen LogP contribution in [-0.4, -0.2) is 41.6 Å². The van der Waals surface area contributed by atoms with Gasteiger partial charge < -0.3 is 24.4 Å². The third kappa shape index (κ3) is 7.10. The Morgan fingerprint density at radius 2 is 1.71 bits per heavy atom. The zero-order chi connectivity index (χ0) is 24.9. The molecule has 0 aliphatic carbocycles. The molecular formula is C26H31N3O5. The highest BCUT2D eigenvalue weighted by molar-refractivity contribution is 5.89. The summed E-state index contributed by atoms with van der Waals surface area (Å²) in [4.78, 5) is 29.6. The van der Waals surface area contributed by atoms with Gasteiger partial charge in [0.05, 0.1) is 12.6 Å². The molecule has 0 saturated heterocycles. The van der Waals surface area contributed by atoms with Crippen LogP contribution in [0.4, 0.5) is 10.6 Å². The largest absolute Gasteiger partial charge is 0.497 e. The zero-order valence-corrected chi connectivity index (χ0v) is 20.5. The minimum absolute atomic E-state index is 0.169. The third-order valence-electron chi connectivity index (χ3n) is 4.77. The molecule has 0 aliphatic heterocycles. The predicted octanol–water partition coefficient (Wildman–Crippen LogP) is 5.15. The van der Waals surface area contributed by atoms with Gasteiger partial charge >= 0.3 is 6.09 Å². The Balaban J connectivity index is 1.73. The number of ether oxygens (including phenoxy) is 3. The van der Waals surface area contributed by atoms with E-state index >= 15 is 0 Å². The van der Waals surface area contributed by atoms with Gasteiger partial charge in [-0.1, -0.05) is 12.1 Å². The lowest BCUT2D eigenvalue weighted by atomic mass is 10.1. The van der Waals surface area contributed by atoms with E-state index < -0.39 is 11.7 Å². The van der Waals surface area contributed by atoms with Crippen LogP contribution in [0.2, 0.25) is 0 Å². The van der Waals surface area contributed by atoms with E-state index in [1.54, 1.807) is 26.3 Å². The molecule has 8 nitrogen and oxygen atoms in total. The number of hydrogen-bond donors (Lipinski definition) is 1. The van der Waals surface area contributed by atoms with E-state index in [1.165, 1.54) is 11.8 Å². The molecule has 1 aromatic heterocycles. The molecule has 8 heteroatoms. The second kappa shape index (κ2) is 10.4. The number of aromatic nitrogens is 1. The molecule has 0 aliphatic rings. The Hall–Kier alpha value is -3.81. The van der Waals surface area contributed by atoms with E-state index in [0.717, 1.165) is 22.0 Å². The molecule has 2 amide bonds. The monoisotopic (exact) mass is 465 g/mol. The summed E-state index contributed by atoms with van der Waals surface area (Å²) in [6, 6.07) is 15.1. The molecule has 3 aromatic rings. The number of carbonyl (C=O) groups is 2. The first-order chi connectivity index (χ1) is 16.0. The molecule has 0 atom stereocenters. The van der Waals surface area contributed by atoms with Gasteiger partial charge in [-0.05, 0) is 62.2 Å². The average Bonchev–Trinajstić information content (AvgIpc) is 2.75. The van der Waals surface area contributed by atoms with Crippen LogP contribution in [0.3, 0.4) is 0 Å². The Morgan fingerprint density at radius 3 is 2.38 bits per heavy atom. The molecule has 180 valence electrons. The molecule has 1 N–H and O–H groups in total. The van der Waals surface area contributed by atoms with Crippen molar-refractivity contribution in [2.24, 2.45) is 0 Å². The van der Waals surface area contributed by atoms with E-state index in [1.807, 2.05) is 57.2 Å². The normalized spacial score (nSPS) is 11.1. The van der Waals surface area contributed by atoms with Gasteiger partial charge in [0.25, 0.3) is 0 Å². The van der Waals surface area contributed by atoms with E-state index in [4.69, 9.17) is 14.2 Å². The summed E-state index contributed by atoms with van der Waals surface area (Å²) in [5.41, 5.74) is 1.97. The summed E-state index contributed by atoms with van der Waals surface area (Å²) in [5.74, 6) is 1.58. The smallest absolute Gasteiger partial charge is 0.410 e. The number of benzene rings is 2. The lowest BCUT2D eigenvalue weighted by Gasteiger charge is -2.25. The van der Waals surface area contributed by atoms with Gasteiger partial charge in [-0.2, -0.15) is 0 Å². The van der Waals surface area contributed by atoms with Crippen molar-refractivity contribution < 1.29 is 23.8 Å². The molecule has 0 radical (unpaired) electrons. The third-order valence-corrected chi connectivity index (χ3v) is 4.77. The van der Waals surface area contributed by atoms with Crippen molar-refractivity contribution in [2.45, 2.75) is 46.4 Å². The standard InChI is InChI=1S/C26H31N3O5/c1-17(30)27-24-10-9-20-8-7-18(13-23(20)28-24)16-33-22-12-19(11-21(14-22)32-6)15-29(5)25(31)34-26(2,3)4/h7-14H,15-16H2,1-6H3,(H,27,28,30). The van der Waals surface area contributed by atoms with Crippen molar-refractivity contribution in [3.8, 4) is 11.5 Å². The number of amides is 2. The maximum Gasteiger partial charge on any atom is 0.410 e. The van der Waals surface area contributed by atoms with Gasteiger partial charge in [-0.15, -0.1) is 0 Å². The zero-order valence-electron chi connectivity index (χ0n) is 20.5. The lowest BCUT2D eigenvalue weighted by molar-refractivity contribution is -0.114. The van der Waals surface area contributed by atoms with Crippen LogP contribution >= 0.6 is 0 Å². The van der Waals surface area contributed by atoms with Crippen molar-refractivity contribution >= 4 is 28.7 Å². The van der Waals surface area contributed by atoms with E-state index in [2.05, 4.69) is 10.3 Å². The lowest BCUT2D eigenvalue weighted by Crippen LogP contribution is -2.33. The summed E-state index contributed by atoms with van der Waals surface area (Å²) in [5, 5.41) is 3.66. The van der Waals surface area contributed by atoms with Crippen LogP contribution < -0.4 is 14.8 Å². The number of nitrogens with zero attached hydrogens (tertiary/aromatic N) is 2. The molecule has 1 heterocycles. The number of hydrogen-bond acceptors (Lipinski definition) is 6. The van der Waals surface area contributed by atoms with E-state index in [0.29, 0.717) is 30.5 Å².